The third-order valence-corrected chi connectivity index (χ3v) is 5.55. The fraction of sp³-hybridized carbons (Fsp3) is 0.318. The first-order valence-corrected chi connectivity index (χ1v) is 10.9. The monoisotopic (exact) mass is 368 g/mol. The van der Waals surface area contributed by atoms with E-state index in [2.05, 4.69) is 60.7 Å². The summed E-state index contributed by atoms with van der Waals surface area (Å²) in [6, 6.07) is 22.3. The normalized spacial score (nSPS) is 11.6. The molecule has 0 heterocycles. The van der Waals surface area contributed by atoms with Crippen LogP contribution in [0, 0.1) is 0 Å². The summed E-state index contributed by atoms with van der Waals surface area (Å²) in [6.07, 6.45) is 5.00. The van der Waals surface area contributed by atoms with Crippen molar-refractivity contribution >= 4 is 15.7 Å². The molecule has 2 aromatic carbocycles. The van der Waals surface area contributed by atoms with Gasteiger partial charge in [-0.05, 0) is 36.9 Å². The number of hydrogen-bond acceptors (Lipinski definition) is 3. The lowest BCUT2D eigenvalue weighted by Gasteiger charge is -2.18. The summed E-state index contributed by atoms with van der Waals surface area (Å²) in [6.45, 7) is 3.06. The number of ether oxygens (including phenoxy) is 1. The predicted octanol–water partition coefficient (Wildman–Crippen LogP) is 4.24. The Hall–Kier alpha value is -2.17. The van der Waals surface area contributed by atoms with Crippen molar-refractivity contribution in [3.63, 3.8) is 0 Å². The SMILES string of the molecule is CC=CC(=O)OCCC[SiH2]OCCC(c1ccccc1)c1ccccc1. The fourth-order valence-electron chi connectivity index (χ4n) is 2.86. The molecule has 0 unspecified atom stereocenters. The van der Waals surface area contributed by atoms with Crippen LogP contribution in [-0.2, 0) is 14.0 Å². The Morgan fingerprint density at radius 1 is 1.00 bits per heavy atom. The first-order valence-electron chi connectivity index (χ1n) is 9.28. The Balaban J connectivity index is 1.71. The molecular formula is C22H28O3Si. The van der Waals surface area contributed by atoms with E-state index in [1.54, 1.807) is 13.0 Å². The minimum atomic E-state index is -0.557. The zero-order valence-corrected chi connectivity index (χ0v) is 16.9. The van der Waals surface area contributed by atoms with E-state index in [-0.39, 0.29) is 5.97 Å². The van der Waals surface area contributed by atoms with Crippen molar-refractivity contribution in [1.29, 1.82) is 0 Å². The Kier molecular flexibility index (Phi) is 9.47. The maximum Gasteiger partial charge on any atom is 0.330 e. The van der Waals surface area contributed by atoms with Crippen molar-refractivity contribution < 1.29 is 14.0 Å². The molecule has 2 rings (SSSR count). The molecule has 0 N–H and O–H groups in total. The third kappa shape index (κ3) is 7.38. The summed E-state index contributed by atoms with van der Waals surface area (Å²) < 4.78 is 11.0. The van der Waals surface area contributed by atoms with Crippen molar-refractivity contribution in [3.05, 3.63) is 83.9 Å². The van der Waals surface area contributed by atoms with Gasteiger partial charge in [0, 0.05) is 18.6 Å². The highest BCUT2D eigenvalue weighted by Gasteiger charge is 2.13. The number of benzene rings is 2. The average Bonchev–Trinajstić information content (AvgIpc) is 2.68. The van der Waals surface area contributed by atoms with Crippen molar-refractivity contribution in [3.8, 4) is 0 Å². The Bertz CT molecular complexity index is 616. The van der Waals surface area contributed by atoms with Crippen LogP contribution < -0.4 is 0 Å². The summed E-state index contributed by atoms with van der Waals surface area (Å²) in [5.41, 5.74) is 2.67. The number of esters is 1. The molecule has 0 aromatic heterocycles. The van der Waals surface area contributed by atoms with Crippen LogP contribution in [0.2, 0.25) is 6.04 Å². The molecule has 0 aliphatic carbocycles. The molecule has 0 spiro atoms. The Morgan fingerprint density at radius 3 is 2.19 bits per heavy atom. The van der Waals surface area contributed by atoms with Gasteiger partial charge in [-0.1, -0.05) is 66.7 Å². The van der Waals surface area contributed by atoms with Gasteiger partial charge in [0.05, 0.1) is 6.61 Å². The first kappa shape index (κ1) is 20.1. The highest BCUT2D eigenvalue weighted by molar-refractivity contribution is 6.26. The molecule has 0 fully saturated rings. The van der Waals surface area contributed by atoms with Gasteiger partial charge >= 0.3 is 5.97 Å². The number of carbonyl (C=O) groups excluding carboxylic acids is 1. The minimum Gasteiger partial charge on any atom is -0.463 e. The van der Waals surface area contributed by atoms with Gasteiger partial charge in [-0.25, -0.2) is 4.79 Å². The van der Waals surface area contributed by atoms with Gasteiger partial charge < -0.3 is 9.16 Å². The molecule has 4 heteroatoms. The van der Waals surface area contributed by atoms with Gasteiger partial charge in [0.2, 0.25) is 0 Å². The molecule has 0 aliphatic heterocycles. The number of allylic oxidation sites excluding steroid dienone is 1. The summed E-state index contributed by atoms with van der Waals surface area (Å²) >= 11 is 0. The molecule has 0 atom stereocenters. The van der Waals surface area contributed by atoms with Crippen LogP contribution >= 0.6 is 0 Å². The van der Waals surface area contributed by atoms with Crippen molar-refractivity contribution in [2.75, 3.05) is 13.2 Å². The number of rotatable bonds is 11. The molecule has 0 saturated heterocycles. The third-order valence-electron chi connectivity index (χ3n) is 4.18. The lowest BCUT2D eigenvalue weighted by molar-refractivity contribution is -0.137. The molecule has 0 saturated carbocycles. The van der Waals surface area contributed by atoms with Crippen molar-refractivity contribution in [2.24, 2.45) is 0 Å². The summed E-state index contributed by atoms with van der Waals surface area (Å²) in [5.74, 6) is 0.108. The first-order chi connectivity index (χ1) is 12.8. The van der Waals surface area contributed by atoms with Crippen LogP contribution in [0.15, 0.2) is 72.8 Å². The van der Waals surface area contributed by atoms with Crippen LogP contribution in [0.25, 0.3) is 0 Å². The van der Waals surface area contributed by atoms with E-state index in [4.69, 9.17) is 9.16 Å². The van der Waals surface area contributed by atoms with Crippen LogP contribution in [0.1, 0.15) is 36.8 Å². The second-order valence-corrected chi connectivity index (χ2v) is 7.67. The molecule has 138 valence electrons. The zero-order chi connectivity index (χ0) is 18.5. The topological polar surface area (TPSA) is 35.5 Å². The lowest BCUT2D eigenvalue weighted by Crippen LogP contribution is -2.09. The molecular weight excluding hydrogens is 340 g/mol. The van der Waals surface area contributed by atoms with Gasteiger partial charge in [0.1, 0.15) is 0 Å². The maximum atomic E-state index is 11.2. The van der Waals surface area contributed by atoms with E-state index in [1.807, 2.05) is 0 Å². The van der Waals surface area contributed by atoms with Gasteiger partial charge in [-0.2, -0.15) is 0 Å². The summed E-state index contributed by atoms with van der Waals surface area (Å²) in [4.78, 5) is 11.2. The standard InChI is InChI=1S/C22H28O3Si/c1-2-10-22(23)24-16-9-18-26-25-17-15-21(19-11-5-3-6-12-19)20-13-7-4-8-14-20/h2-8,10-14,21H,9,15-18,26H2,1H3. The smallest absolute Gasteiger partial charge is 0.330 e. The molecule has 0 bridgehead atoms. The molecule has 26 heavy (non-hydrogen) atoms. The van der Waals surface area contributed by atoms with E-state index in [0.29, 0.717) is 12.5 Å². The fourth-order valence-corrected chi connectivity index (χ4v) is 3.85. The van der Waals surface area contributed by atoms with Crippen LogP contribution in [-0.4, -0.2) is 28.9 Å². The van der Waals surface area contributed by atoms with Gasteiger partial charge in [0.15, 0.2) is 9.76 Å². The maximum absolute atomic E-state index is 11.2. The molecule has 0 aliphatic rings. The van der Waals surface area contributed by atoms with Crippen molar-refractivity contribution in [1.82, 2.24) is 0 Å². The predicted molar refractivity (Wildman–Crippen MR) is 109 cm³/mol. The summed E-state index contributed by atoms with van der Waals surface area (Å²) in [7, 11) is -0.557. The molecule has 3 nitrogen and oxygen atoms in total. The van der Waals surface area contributed by atoms with Crippen LogP contribution in [0.5, 0.6) is 0 Å². The molecule has 0 amide bonds. The van der Waals surface area contributed by atoms with Crippen molar-refractivity contribution in [2.45, 2.75) is 31.7 Å². The highest BCUT2D eigenvalue weighted by atomic mass is 28.2. The highest BCUT2D eigenvalue weighted by Crippen LogP contribution is 2.27. The lowest BCUT2D eigenvalue weighted by atomic mass is 9.89. The van der Waals surface area contributed by atoms with Crippen LogP contribution in [0.3, 0.4) is 0 Å². The van der Waals surface area contributed by atoms with Crippen LogP contribution in [0.4, 0.5) is 0 Å². The molecule has 2 aromatic rings. The zero-order valence-electron chi connectivity index (χ0n) is 15.5. The van der Waals surface area contributed by atoms with Gasteiger partial charge in [0.25, 0.3) is 0 Å². The van der Waals surface area contributed by atoms with E-state index in [0.717, 1.165) is 25.5 Å². The summed E-state index contributed by atoms with van der Waals surface area (Å²) in [5, 5.41) is 0. The van der Waals surface area contributed by atoms with Gasteiger partial charge in [-0.3, -0.25) is 0 Å². The number of hydrogen-bond donors (Lipinski definition) is 0. The largest absolute Gasteiger partial charge is 0.463 e. The quantitative estimate of drug-likeness (QED) is 0.258. The van der Waals surface area contributed by atoms with E-state index >= 15 is 0 Å². The molecule has 0 radical (unpaired) electrons. The second kappa shape index (κ2) is 12.2. The van der Waals surface area contributed by atoms with E-state index in [1.165, 1.54) is 17.2 Å². The Labute approximate surface area is 159 Å². The van der Waals surface area contributed by atoms with Gasteiger partial charge in [-0.15, -0.1) is 0 Å². The average molecular weight is 369 g/mol. The Morgan fingerprint density at radius 2 is 1.62 bits per heavy atom. The van der Waals surface area contributed by atoms with E-state index < -0.39 is 9.76 Å². The number of carbonyl (C=O) groups is 1. The minimum absolute atomic E-state index is 0.261. The van der Waals surface area contributed by atoms with E-state index in [9.17, 15) is 4.79 Å². The second-order valence-electron chi connectivity index (χ2n) is 6.15.